The molecular weight excluding hydrogens is 254 g/mol. The normalized spacial score (nSPS) is 12.0. The Morgan fingerprint density at radius 1 is 1.11 bits per heavy atom. The van der Waals surface area contributed by atoms with Crippen LogP contribution in [-0.4, -0.2) is 14.3 Å². The molecule has 0 saturated carbocycles. The van der Waals surface area contributed by atoms with E-state index in [0.717, 1.165) is 0 Å². The van der Waals surface area contributed by atoms with E-state index in [1.165, 1.54) is 12.1 Å². The lowest BCUT2D eigenvalue weighted by Crippen LogP contribution is -2.27. The Morgan fingerprint density at radius 3 is 1.94 bits per heavy atom. The molecule has 1 amide bonds. The largest absolute Gasteiger partial charge is 0.326 e. The average molecular weight is 271 g/mol. The molecule has 0 aliphatic heterocycles. The highest BCUT2D eigenvalue weighted by atomic mass is 32.2. The third-order valence-electron chi connectivity index (χ3n) is 2.08. The first-order valence-electron chi connectivity index (χ1n) is 5.30. The van der Waals surface area contributed by atoms with Gasteiger partial charge in [-0.2, -0.15) is 8.42 Å². The van der Waals surface area contributed by atoms with Gasteiger partial charge in [0.1, 0.15) is 0 Å². The molecular formula is C11H17N3O3S. The summed E-state index contributed by atoms with van der Waals surface area (Å²) in [7, 11) is -3.77. The number of amides is 1. The lowest BCUT2D eigenvalue weighted by molar-refractivity contribution is -0.123. The van der Waals surface area contributed by atoms with Crippen LogP contribution in [0.4, 0.5) is 11.4 Å². The minimum absolute atomic E-state index is 0.116. The van der Waals surface area contributed by atoms with Crippen LogP contribution in [0.1, 0.15) is 20.8 Å². The Morgan fingerprint density at radius 2 is 1.56 bits per heavy atom. The molecule has 0 radical (unpaired) electrons. The summed E-state index contributed by atoms with van der Waals surface area (Å²) < 4.78 is 23.7. The second kappa shape index (κ2) is 4.95. The van der Waals surface area contributed by atoms with Gasteiger partial charge in [0, 0.05) is 16.8 Å². The fourth-order valence-electron chi connectivity index (χ4n) is 1.10. The van der Waals surface area contributed by atoms with Gasteiger partial charge in [-0.15, -0.1) is 0 Å². The van der Waals surface area contributed by atoms with Crippen LogP contribution in [-0.2, 0) is 15.0 Å². The summed E-state index contributed by atoms with van der Waals surface area (Å²) in [5.41, 5.74) is 0.443. The quantitative estimate of drug-likeness (QED) is 0.772. The summed E-state index contributed by atoms with van der Waals surface area (Å²) in [5.74, 6) is -0.116. The van der Waals surface area contributed by atoms with E-state index in [-0.39, 0.29) is 5.91 Å². The predicted molar refractivity (Wildman–Crippen MR) is 71.3 cm³/mol. The maximum Gasteiger partial charge on any atom is 0.296 e. The van der Waals surface area contributed by atoms with Crippen LogP contribution in [0.5, 0.6) is 0 Å². The Kier molecular flexibility index (Phi) is 3.98. The Labute approximate surface area is 107 Å². The summed E-state index contributed by atoms with van der Waals surface area (Å²) in [5, 5.41) is 7.56. The maximum atomic E-state index is 11.7. The first kappa shape index (κ1) is 14.5. The van der Waals surface area contributed by atoms with Crippen LogP contribution >= 0.6 is 0 Å². The number of carbonyl (C=O) groups excluding carboxylic acids is 1. The number of benzene rings is 1. The molecule has 100 valence electrons. The molecule has 18 heavy (non-hydrogen) atoms. The topological polar surface area (TPSA) is 101 Å². The number of carbonyl (C=O) groups is 1. The molecule has 1 aromatic carbocycles. The summed E-state index contributed by atoms with van der Waals surface area (Å²) in [6, 6.07) is 6.22. The van der Waals surface area contributed by atoms with Crippen molar-refractivity contribution >= 4 is 27.5 Å². The number of nitrogens with one attached hydrogen (secondary N) is 2. The van der Waals surface area contributed by atoms with Gasteiger partial charge in [-0.25, -0.2) is 5.14 Å². The Bertz CT molecular complexity index is 530. The Hall–Kier alpha value is -1.60. The highest BCUT2D eigenvalue weighted by Gasteiger charge is 2.20. The fourth-order valence-corrected chi connectivity index (χ4v) is 1.57. The van der Waals surface area contributed by atoms with Crippen LogP contribution in [0.15, 0.2) is 24.3 Å². The van der Waals surface area contributed by atoms with Crippen LogP contribution in [0.2, 0.25) is 0 Å². The molecule has 1 aromatic rings. The molecule has 0 heterocycles. The van der Waals surface area contributed by atoms with Crippen LogP contribution < -0.4 is 15.2 Å². The number of hydrogen-bond donors (Lipinski definition) is 3. The van der Waals surface area contributed by atoms with Crippen molar-refractivity contribution in [2.75, 3.05) is 10.0 Å². The Balaban J connectivity index is 2.75. The third kappa shape index (κ3) is 4.72. The SMILES string of the molecule is CC(C)(C)C(=O)Nc1ccc(NS(N)(=O)=O)cc1. The van der Waals surface area contributed by atoms with Crippen LogP contribution in [0, 0.1) is 5.41 Å². The fraction of sp³-hybridized carbons (Fsp3) is 0.364. The molecule has 0 aromatic heterocycles. The minimum atomic E-state index is -3.77. The number of anilines is 2. The summed E-state index contributed by atoms with van der Waals surface area (Å²) in [6.45, 7) is 5.41. The van der Waals surface area contributed by atoms with Crippen molar-refractivity contribution in [1.29, 1.82) is 0 Å². The molecule has 0 fully saturated rings. The van der Waals surface area contributed by atoms with Gasteiger partial charge >= 0.3 is 0 Å². The molecule has 0 aliphatic carbocycles. The van der Waals surface area contributed by atoms with Gasteiger partial charge in [0.05, 0.1) is 0 Å². The summed E-state index contributed by atoms with van der Waals surface area (Å²) in [4.78, 5) is 11.7. The van der Waals surface area contributed by atoms with Crippen LogP contribution in [0.25, 0.3) is 0 Å². The lowest BCUT2D eigenvalue weighted by Gasteiger charge is -2.17. The van der Waals surface area contributed by atoms with E-state index in [1.54, 1.807) is 32.9 Å². The highest BCUT2D eigenvalue weighted by molar-refractivity contribution is 7.90. The summed E-state index contributed by atoms with van der Waals surface area (Å²) in [6.07, 6.45) is 0. The van der Waals surface area contributed by atoms with E-state index in [1.807, 2.05) is 0 Å². The second-order valence-electron chi connectivity index (χ2n) is 4.93. The average Bonchev–Trinajstić information content (AvgIpc) is 2.17. The van der Waals surface area contributed by atoms with Gasteiger partial charge in [0.2, 0.25) is 5.91 Å². The van der Waals surface area contributed by atoms with Gasteiger partial charge in [-0.05, 0) is 24.3 Å². The second-order valence-corrected chi connectivity index (χ2v) is 6.22. The number of hydrogen-bond acceptors (Lipinski definition) is 3. The first-order valence-corrected chi connectivity index (χ1v) is 6.84. The van der Waals surface area contributed by atoms with E-state index in [4.69, 9.17) is 5.14 Å². The van der Waals surface area contributed by atoms with E-state index in [9.17, 15) is 13.2 Å². The maximum absolute atomic E-state index is 11.7. The monoisotopic (exact) mass is 271 g/mol. The van der Waals surface area contributed by atoms with E-state index in [0.29, 0.717) is 11.4 Å². The van der Waals surface area contributed by atoms with Crippen molar-refractivity contribution in [3.8, 4) is 0 Å². The van der Waals surface area contributed by atoms with Crippen molar-refractivity contribution in [1.82, 2.24) is 0 Å². The van der Waals surface area contributed by atoms with Crippen molar-refractivity contribution in [2.45, 2.75) is 20.8 Å². The third-order valence-corrected chi connectivity index (χ3v) is 2.60. The highest BCUT2D eigenvalue weighted by Crippen LogP contribution is 2.19. The molecule has 0 bridgehead atoms. The van der Waals surface area contributed by atoms with E-state index >= 15 is 0 Å². The molecule has 0 unspecified atom stereocenters. The van der Waals surface area contributed by atoms with E-state index in [2.05, 4.69) is 10.0 Å². The molecule has 0 atom stereocenters. The molecule has 1 rings (SSSR count). The van der Waals surface area contributed by atoms with Gasteiger partial charge in [-0.3, -0.25) is 9.52 Å². The van der Waals surface area contributed by atoms with E-state index < -0.39 is 15.6 Å². The van der Waals surface area contributed by atoms with Crippen molar-refractivity contribution < 1.29 is 13.2 Å². The van der Waals surface area contributed by atoms with Crippen molar-refractivity contribution in [2.24, 2.45) is 10.6 Å². The van der Waals surface area contributed by atoms with Crippen molar-refractivity contribution in [3.05, 3.63) is 24.3 Å². The van der Waals surface area contributed by atoms with Gasteiger partial charge < -0.3 is 5.32 Å². The zero-order chi connectivity index (χ0) is 14.0. The van der Waals surface area contributed by atoms with Gasteiger partial charge in [0.25, 0.3) is 10.2 Å². The van der Waals surface area contributed by atoms with Crippen molar-refractivity contribution in [3.63, 3.8) is 0 Å². The smallest absolute Gasteiger partial charge is 0.296 e. The van der Waals surface area contributed by atoms with Crippen LogP contribution in [0.3, 0.4) is 0 Å². The lowest BCUT2D eigenvalue weighted by atomic mass is 9.95. The number of rotatable bonds is 3. The summed E-state index contributed by atoms with van der Waals surface area (Å²) >= 11 is 0. The molecule has 0 aliphatic rings. The number of nitrogens with two attached hydrogens (primary N) is 1. The molecule has 0 spiro atoms. The van der Waals surface area contributed by atoms with Gasteiger partial charge in [-0.1, -0.05) is 20.8 Å². The molecule has 6 nitrogen and oxygen atoms in total. The standard InChI is InChI=1S/C11H17N3O3S/c1-11(2,3)10(15)13-8-4-6-9(7-5-8)14-18(12,16)17/h4-7,14H,1-3H3,(H,13,15)(H2,12,16,17). The van der Waals surface area contributed by atoms with Gasteiger partial charge in [0.15, 0.2) is 0 Å². The zero-order valence-corrected chi connectivity index (χ0v) is 11.3. The molecule has 4 N–H and O–H groups in total. The predicted octanol–water partition coefficient (Wildman–Crippen LogP) is 1.29. The minimum Gasteiger partial charge on any atom is -0.326 e. The molecule has 0 saturated heterocycles. The first-order chi connectivity index (χ1) is 8.08. The zero-order valence-electron chi connectivity index (χ0n) is 10.5. The molecule has 7 heteroatoms.